The zero-order valence-corrected chi connectivity index (χ0v) is 12.5. The molecule has 1 N–H and O–H groups in total. The van der Waals surface area contributed by atoms with E-state index in [4.69, 9.17) is 9.47 Å². The standard InChI is InChI=1S/C17H16FNO4/c1-22-15-9-5-3-7-13(15)17(21)23-11-16(20)19-10-12-6-2-4-8-14(12)18/h2-9H,10-11H2,1H3,(H,19,20). The van der Waals surface area contributed by atoms with Gasteiger partial charge >= 0.3 is 5.97 Å². The maximum atomic E-state index is 13.4. The van der Waals surface area contributed by atoms with Crippen molar-refractivity contribution in [2.45, 2.75) is 6.54 Å². The van der Waals surface area contributed by atoms with Crippen molar-refractivity contribution < 1.29 is 23.5 Å². The highest BCUT2D eigenvalue weighted by molar-refractivity contribution is 5.93. The minimum Gasteiger partial charge on any atom is -0.496 e. The van der Waals surface area contributed by atoms with E-state index >= 15 is 0 Å². The van der Waals surface area contributed by atoms with Gasteiger partial charge in [-0.3, -0.25) is 4.79 Å². The minimum absolute atomic E-state index is 0.0255. The van der Waals surface area contributed by atoms with Gasteiger partial charge < -0.3 is 14.8 Å². The van der Waals surface area contributed by atoms with Gasteiger partial charge in [0, 0.05) is 12.1 Å². The summed E-state index contributed by atoms with van der Waals surface area (Å²) >= 11 is 0. The van der Waals surface area contributed by atoms with Crippen molar-refractivity contribution in [1.29, 1.82) is 0 Å². The quantitative estimate of drug-likeness (QED) is 0.830. The third-order valence-electron chi connectivity index (χ3n) is 3.10. The summed E-state index contributed by atoms with van der Waals surface area (Å²) in [7, 11) is 1.44. The SMILES string of the molecule is COc1ccccc1C(=O)OCC(=O)NCc1ccccc1F. The predicted octanol–water partition coefficient (Wildman–Crippen LogP) is 2.31. The average Bonchev–Trinajstić information content (AvgIpc) is 2.58. The molecule has 0 fully saturated rings. The summed E-state index contributed by atoms with van der Waals surface area (Å²) in [5.74, 6) is -1.22. The molecule has 0 heterocycles. The number of methoxy groups -OCH3 is 1. The lowest BCUT2D eigenvalue weighted by Gasteiger charge is -2.09. The lowest BCUT2D eigenvalue weighted by Crippen LogP contribution is -2.28. The second-order valence-electron chi connectivity index (χ2n) is 4.64. The molecule has 0 radical (unpaired) electrons. The van der Waals surface area contributed by atoms with Crippen LogP contribution < -0.4 is 10.1 Å². The summed E-state index contributed by atoms with van der Waals surface area (Å²) in [5, 5.41) is 2.49. The van der Waals surface area contributed by atoms with E-state index in [-0.39, 0.29) is 12.1 Å². The number of benzene rings is 2. The highest BCUT2D eigenvalue weighted by Gasteiger charge is 2.14. The Hall–Kier alpha value is -2.89. The Morgan fingerprint density at radius 2 is 1.78 bits per heavy atom. The summed E-state index contributed by atoms with van der Waals surface area (Å²) in [6.07, 6.45) is 0. The Kier molecular flexibility index (Phi) is 5.68. The van der Waals surface area contributed by atoms with E-state index in [0.717, 1.165) is 0 Å². The Morgan fingerprint density at radius 3 is 2.52 bits per heavy atom. The number of amides is 1. The zero-order chi connectivity index (χ0) is 16.7. The first-order valence-corrected chi connectivity index (χ1v) is 6.92. The molecule has 0 aliphatic carbocycles. The Morgan fingerprint density at radius 1 is 1.09 bits per heavy atom. The fourth-order valence-corrected chi connectivity index (χ4v) is 1.91. The van der Waals surface area contributed by atoms with Crippen LogP contribution in [-0.2, 0) is 16.1 Å². The number of hydrogen-bond acceptors (Lipinski definition) is 4. The van der Waals surface area contributed by atoms with Crippen LogP contribution in [0.15, 0.2) is 48.5 Å². The van der Waals surface area contributed by atoms with Crippen LogP contribution in [0.3, 0.4) is 0 Å². The van der Waals surface area contributed by atoms with Crippen LogP contribution >= 0.6 is 0 Å². The lowest BCUT2D eigenvalue weighted by atomic mass is 10.2. The van der Waals surface area contributed by atoms with Gasteiger partial charge in [0.05, 0.1) is 7.11 Å². The fraction of sp³-hybridized carbons (Fsp3) is 0.176. The van der Waals surface area contributed by atoms with Crippen LogP contribution in [0.25, 0.3) is 0 Å². The first-order valence-electron chi connectivity index (χ1n) is 6.92. The summed E-state index contributed by atoms with van der Waals surface area (Å²) in [4.78, 5) is 23.6. The molecule has 0 aromatic heterocycles. The molecule has 0 unspecified atom stereocenters. The van der Waals surface area contributed by atoms with Crippen LogP contribution in [-0.4, -0.2) is 25.6 Å². The molecule has 0 aliphatic heterocycles. The summed E-state index contributed by atoms with van der Waals surface area (Å²) in [6.45, 7) is -0.428. The number of para-hydroxylation sites is 1. The van der Waals surface area contributed by atoms with E-state index in [1.54, 1.807) is 42.5 Å². The van der Waals surface area contributed by atoms with Gasteiger partial charge in [0.1, 0.15) is 17.1 Å². The van der Waals surface area contributed by atoms with Crippen molar-refractivity contribution >= 4 is 11.9 Å². The maximum Gasteiger partial charge on any atom is 0.342 e. The van der Waals surface area contributed by atoms with Gasteiger partial charge in [-0.15, -0.1) is 0 Å². The van der Waals surface area contributed by atoms with Gasteiger partial charge in [-0.05, 0) is 18.2 Å². The largest absolute Gasteiger partial charge is 0.496 e. The van der Waals surface area contributed by atoms with E-state index in [2.05, 4.69) is 5.32 Å². The fourth-order valence-electron chi connectivity index (χ4n) is 1.91. The number of halogens is 1. The molecule has 2 aromatic rings. The third kappa shape index (κ3) is 4.54. The molecule has 0 aliphatic rings. The molecule has 120 valence electrons. The number of carbonyl (C=O) groups is 2. The van der Waals surface area contributed by atoms with E-state index in [1.807, 2.05) is 0 Å². The molecule has 0 bridgehead atoms. The molecule has 0 atom stereocenters. The van der Waals surface area contributed by atoms with Crippen LogP contribution in [0.2, 0.25) is 0 Å². The third-order valence-corrected chi connectivity index (χ3v) is 3.10. The Labute approximate surface area is 133 Å². The molecule has 1 amide bonds. The maximum absolute atomic E-state index is 13.4. The number of hydrogen-bond donors (Lipinski definition) is 1. The molecule has 2 aromatic carbocycles. The normalized spacial score (nSPS) is 10.0. The van der Waals surface area contributed by atoms with Crippen molar-refractivity contribution in [3.8, 4) is 5.75 Å². The number of rotatable bonds is 6. The van der Waals surface area contributed by atoms with Gasteiger partial charge in [0.2, 0.25) is 0 Å². The van der Waals surface area contributed by atoms with Gasteiger partial charge in [0.15, 0.2) is 6.61 Å². The zero-order valence-electron chi connectivity index (χ0n) is 12.5. The Balaban J connectivity index is 1.84. The monoisotopic (exact) mass is 317 g/mol. The van der Waals surface area contributed by atoms with Gasteiger partial charge in [-0.25, -0.2) is 9.18 Å². The molecule has 2 rings (SSSR count). The van der Waals surface area contributed by atoms with Crippen molar-refractivity contribution in [3.63, 3.8) is 0 Å². The smallest absolute Gasteiger partial charge is 0.342 e. The van der Waals surface area contributed by atoms with Crippen LogP contribution in [0.5, 0.6) is 5.75 Å². The van der Waals surface area contributed by atoms with E-state index in [0.29, 0.717) is 11.3 Å². The number of esters is 1. The van der Waals surface area contributed by atoms with Gasteiger partial charge in [0.25, 0.3) is 5.91 Å². The molecule has 23 heavy (non-hydrogen) atoms. The summed E-state index contributed by atoms with van der Waals surface area (Å²) in [6, 6.07) is 12.7. The van der Waals surface area contributed by atoms with Gasteiger partial charge in [-0.1, -0.05) is 30.3 Å². The highest BCUT2D eigenvalue weighted by Crippen LogP contribution is 2.18. The van der Waals surface area contributed by atoms with Crippen molar-refractivity contribution in [2.75, 3.05) is 13.7 Å². The molecule has 5 nitrogen and oxygen atoms in total. The lowest BCUT2D eigenvalue weighted by molar-refractivity contribution is -0.124. The van der Waals surface area contributed by atoms with Crippen LogP contribution in [0.4, 0.5) is 4.39 Å². The van der Waals surface area contributed by atoms with Crippen molar-refractivity contribution in [1.82, 2.24) is 5.32 Å². The summed E-state index contributed by atoms with van der Waals surface area (Å²) < 4.78 is 23.4. The minimum atomic E-state index is -0.663. The van der Waals surface area contributed by atoms with Gasteiger partial charge in [-0.2, -0.15) is 0 Å². The topological polar surface area (TPSA) is 64.6 Å². The summed E-state index contributed by atoms with van der Waals surface area (Å²) in [5.41, 5.74) is 0.591. The van der Waals surface area contributed by atoms with Crippen LogP contribution in [0.1, 0.15) is 15.9 Å². The Bertz CT molecular complexity index is 702. The van der Waals surface area contributed by atoms with Crippen LogP contribution in [0, 0.1) is 5.82 Å². The molecule has 6 heteroatoms. The van der Waals surface area contributed by atoms with E-state index in [9.17, 15) is 14.0 Å². The van der Waals surface area contributed by atoms with Crippen molar-refractivity contribution in [3.05, 3.63) is 65.5 Å². The average molecular weight is 317 g/mol. The first-order chi connectivity index (χ1) is 11.1. The molecule has 0 spiro atoms. The predicted molar refractivity (Wildman–Crippen MR) is 81.5 cm³/mol. The molecule has 0 saturated carbocycles. The van der Waals surface area contributed by atoms with E-state index in [1.165, 1.54) is 13.2 Å². The second kappa shape index (κ2) is 7.93. The number of carbonyl (C=O) groups excluding carboxylic acids is 2. The second-order valence-corrected chi connectivity index (χ2v) is 4.64. The number of ether oxygens (including phenoxy) is 2. The van der Waals surface area contributed by atoms with E-state index < -0.39 is 24.3 Å². The highest BCUT2D eigenvalue weighted by atomic mass is 19.1. The molecule has 0 saturated heterocycles. The molecular weight excluding hydrogens is 301 g/mol. The molecular formula is C17H16FNO4. The van der Waals surface area contributed by atoms with Crippen molar-refractivity contribution in [2.24, 2.45) is 0 Å². The number of nitrogens with one attached hydrogen (secondary N) is 1. The first kappa shape index (κ1) is 16.5.